The van der Waals surface area contributed by atoms with Crippen LogP contribution in [-0.4, -0.2) is 18.1 Å². The van der Waals surface area contributed by atoms with Crippen molar-refractivity contribution in [3.63, 3.8) is 0 Å². The number of carbonyl (C=O) groups is 2. The van der Waals surface area contributed by atoms with Gasteiger partial charge in [-0.15, -0.1) is 0 Å². The van der Waals surface area contributed by atoms with Crippen LogP contribution >= 0.6 is 0 Å². The Morgan fingerprint density at radius 1 is 0.710 bits per heavy atom. The first-order valence-corrected chi connectivity index (χ1v) is 10.3. The second-order valence-corrected chi connectivity index (χ2v) is 7.60. The largest absolute Gasteiger partial charge is 0.459 e. The van der Waals surface area contributed by atoms with Crippen molar-refractivity contribution in [2.45, 2.75) is 33.1 Å². The van der Waals surface area contributed by atoms with Gasteiger partial charge in [0, 0.05) is 0 Å². The molecule has 5 nitrogen and oxygen atoms in total. The van der Waals surface area contributed by atoms with E-state index < -0.39 is 18.1 Å². The number of carbonyl (C=O) groups excluding carboxylic acids is 2. The summed E-state index contributed by atoms with van der Waals surface area (Å²) in [4.78, 5) is 24.7. The Hall–Kier alpha value is -3.60. The van der Waals surface area contributed by atoms with E-state index in [1.165, 1.54) is 0 Å². The molecule has 31 heavy (non-hydrogen) atoms. The molecule has 0 heterocycles. The Kier molecular flexibility index (Phi) is 7.82. The number of rotatable bonds is 8. The minimum Gasteiger partial charge on any atom is -0.459 e. The lowest BCUT2D eigenvalue weighted by Gasteiger charge is -2.20. The molecule has 0 aliphatic rings. The van der Waals surface area contributed by atoms with Crippen LogP contribution in [0.4, 0.5) is 4.79 Å². The second-order valence-electron chi connectivity index (χ2n) is 7.60. The maximum atomic E-state index is 12.6. The molecule has 0 aromatic heterocycles. The molecular weight excluding hydrogens is 390 g/mol. The predicted octanol–water partition coefficient (Wildman–Crippen LogP) is 5.35. The smallest absolute Gasteiger partial charge is 0.408 e. The summed E-state index contributed by atoms with van der Waals surface area (Å²) >= 11 is 0. The molecule has 160 valence electrons. The maximum Gasteiger partial charge on any atom is 0.408 e. The van der Waals surface area contributed by atoms with Crippen LogP contribution in [0.1, 0.15) is 25.0 Å². The molecule has 1 atom stereocenters. The summed E-state index contributed by atoms with van der Waals surface area (Å²) in [5.74, 6) is -0.629. The van der Waals surface area contributed by atoms with E-state index in [0.717, 1.165) is 22.3 Å². The Labute approximate surface area is 183 Å². The van der Waals surface area contributed by atoms with Crippen LogP contribution in [0, 0.1) is 5.92 Å². The van der Waals surface area contributed by atoms with Crippen molar-refractivity contribution in [2.24, 2.45) is 5.92 Å². The molecule has 0 unspecified atom stereocenters. The summed E-state index contributed by atoms with van der Waals surface area (Å²) in [6.45, 7) is 3.97. The Morgan fingerprint density at radius 3 is 1.84 bits per heavy atom. The summed E-state index contributed by atoms with van der Waals surface area (Å²) in [6, 6.07) is 26.5. The van der Waals surface area contributed by atoms with E-state index in [4.69, 9.17) is 9.47 Å². The van der Waals surface area contributed by atoms with Crippen molar-refractivity contribution in [3.05, 3.63) is 96.1 Å². The first kappa shape index (κ1) is 22.1. The molecule has 3 aromatic carbocycles. The van der Waals surface area contributed by atoms with E-state index >= 15 is 0 Å². The van der Waals surface area contributed by atoms with E-state index in [0.29, 0.717) is 0 Å². The van der Waals surface area contributed by atoms with Gasteiger partial charge in [-0.1, -0.05) is 98.8 Å². The van der Waals surface area contributed by atoms with E-state index in [9.17, 15) is 9.59 Å². The van der Waals surface area contributed by atoms with Crippen molar-refractivity contribution in [3.8, 4) is 11.1 Å². The highest BCUT2D eigenvalue weighted by atomic mass is 16.6. The zero-order valence-corrected chi connectivity index (χ0v) is 17.8. The fourth-order valence-corrected chi connectivity index (χ4v) is 3.06. The average molecular weight is 418 g/mol. The number of hydrogen-bond acceptors (Lipinski definition) is 4. The van der Waals surface area contributed by atoms with Gasteiger partial charge in [0.1, 0.15) is 19.3 Å². The lowest BCUT2D eigenvalue weighted by atomic mass is 10.0. The maximum absolute atomic E-state index is 12.6. The third kappa shape index (κ3) is 6.71. The molecule has 1 amide bonds. The Balaban J connectivity index is 1.51. The minimum absolute atomic E-state index is 0.137. The highest BCUT2D eigenvalue weighted by Crippen LogP contribution is 2.19. The molecule has 0 aliphatic carbocycles. The SMILES string of the molecule is CC(C)[C@H](NC(=O)OCc1ccccc1)C(=O)OCc1ccc(-c2ccccc2)cc1. The second kappa shape index (κ2) is 11.0. The van der Waals surface area contributed by atoms with E-state index in [1.54, 1.807) is 0 Å². The van der Waals surface area contributed by atoms with Crippen LogP contribution < -0.4 is 5.32 Å². The van der Waals surface area contributed by atoms with Gasteiger partial charge in [0.15, 0.2) is 0 Å². The summed E-state index contributed by atoms with van der Waals surface area (Å²) in [5, 5.41) is 2.62. The monoisotopic (exact) mass is 417 g/mol. The van der Waals surface area contributed by atoms with Crippen molar-refractivity contribution < 1.29 is 19.1 Å². The van der Waals surface area contributed by atoms with Gasteiger partial charge in [-0.2, -0.15) is 0 Å². The first-order valence-electron chi connectivity index (χ1n) is 10.3. The fourth-order valence-electron chi connectivity index (χ4n) is 3.06. The number of alkyl carbamates (subject to hydrolysis) is 1. The average Bonchev–Trinajstić information content (AvgIpc) is 2.81. The van der Waals surface area contributed by atoms with Gasteiger partial charge >= 0.3 is 12.1 Å². The zero-order valence-electron chi connectivity index (χ0n) is 17.8. The lowest BCUT2D eigenvalue weighted by Crippen LogP contribution is -2.45. The number of amides is 1. The highest BCUT2D eigenvalue weighted by molar-refractivity contribution is 5.81. The Morgan fingerprint density at radius 2 is 1.23 bits per heavy atom. The quantitative estimate of drug-likeness (QED) is 0.502. The molecule has 0 aliphatic heterocycles. The van der Waals surface area contributed by atoms with E-state index in [1.807, 2.05) is 98.8 Å². The zero-order chi connectivity index (χ0) is 22.1. The van der Waals surface area contributed by atoms with Crippen molar-refractivity contribution in [1.82, 2.24) is 5.32 Å². The predicted molar refractivity (Wildman–Crippen MR) is 120 cm³/mol. The highest BCUT2D eigenvalue weighted by Gasteiger charge is 2.26. The van der Waals surface area contributed by atoms with Gasteiger partial charge in [0.05, 0.1) is 0 Å². The van der Waals surface area contributed by atoms with Gasteiger partial charge in [-0.25, -0.2) is 9.59 Å². The molecule has 1 N–H and O–H groups in total. The molecule has 0 saturated carbocycles. The minimum atomic E-state index is -0.785. The van der Waals surface area contributed by atoms with E-state index in [-0.39, 0.29) is 19.1 Å². The molecule has 0 spiro atoms. The molecule has 0 saturated heterocycles. The van der Waals surface area contributed by atoms with Crippen molar-refractivity contribution >= 4 is 12.1 Å². The van der Waals surface area contributed by atoms with Gasteiger partial charge in [0.2, 0.25) is 0 Å². The third-order valence-corrected chi connectivity index (χ3v) is 4.85. The number of benzene rings is 3. The van der Waals surface area contributed by atoms with Gasteiger partial charge < -0.3 is 14.8 Å². The van der Waals surface area contributed by atoms with Gasteiger partial charge in [0.25, 0.3) is 0 Å². The summed E-state index contributed by atoms with van der Waals surface area (Å²) in [7, 11) is 0. The number of hydrogen-bond donors (Lipinski definition) is 1. The van der Waals surface area contributed by atoms with Crippen molar-refractivity contribution in [1.29, 1.82) is 0 Å². The molecular formula is C26H27NO4. The fraction of sp³-hybridized carbons (Fsp3) is 0.231. The molecule has 0 bridgehead atoms. The van der Waals surface area contributed by atoms with Crippen LogP contribution in [-0.2, 0) is 27.5 Å². The summed E-state index contributed by atoms with van der Waals surface area (Å²) in [6.07, 6.45) is -0.647. The van der Waals surface area contributed by atoms with Crippen LogP contribution in [0.5, 0.6) is 0 Å². The van der Waals surface area contributed by atoms with Gasteiger partial charge in [-0.05, 0) is 28.2 Å². The van der Waals surface area contributed by atoms with E-state index in [2.05, 4.69) is 5.32 Å². The molecule has 0 fully saturated rings. The van der Waals surface area contributed by atoms with Crippen LogP contribution in [0.25, 0.3) is 11.1 Å². The van der Waals surface area contributed by atoms with Gasteiger partial charge in [-0.3, -0.25) is 0 Å². The molecule has 3 aromatic rings. The molecule has 5 heteroatoms. The van der Waals surface area contributed by atoms with Crippen molar-refractivity contribution in [2.75, 3.05) is 0 Å². The topological polar surface area (TPSA) is 64.6 Å². The first-order chi connectivity index (χ1) is 15.0. The summed E-state index contributed by atoms with van der Waals surface area (Å²) < 4.78 is 10.7. The molecule has 3 rings (SSSR count). The summed E-state index contributed by atoms with van der Waals surface area (Å²) in [5.41, 5.74) is 3.98. The molecule has 0 radical (unpaired) electrons. The van der Waals surface area contributed by atoms with Crippen LogP contribution in [0.3, 0.4) is 0 Å². The standard InChI is InChI=1S/C26H27NO4/c1-19(2)24(27-26(29)31-18-20-9-5-3-6-10-20)25(28)30-17-21-13-15-23(16-14-21)22-11-7-4-8-12-22/h3-16,19,24H,17-18H2,1-2H3,(H,27,29)/t24-/m0/s1. The van der Waals surface area contributed by atoms with Crippen LogP contribution in [0.2, 0.25) is 0 Å². The number of ether oxygens (including phenoxy) is 2. The normalized spacial score (nSPS) is 11.6. The van der Waals surface area contributed by atoms with Crippen LogP contribution in [0.15, 0.2) is 84.9 Å². The number of esters is 1. The lowest BCUT2D eigenvalue weighted by molar-refractivity contribution is -0.148. The third-order valence-electron chi connectivity index (χ3n) is 4.85. The Bertz CT molecular complexity index is 969. The number of nitrogens with one attached hydrogen (secondary N) is 1.